The Balaban J connectivity index is 2.05. The molecule has 3 rings (SSSR count). The van der Waals surface area contributed by atoms with Crippen LogP contribution in [0.4, 0.5) is 0 Å². The van der Waals surface area contributed by atoms with E-state index in [4.69, 9.17) is 0 Å². The maximum Gasteiger partial charge on any atom is 0.276 e. The molecule has 0 aliphatic heterocycles. The van der Waals surface area contributed by atoms with Crippen molar-refractivity contribution in [2.75, 3.05) is 0 Å². The lowest BCUT2D eigenvalue weighted by Gasteiger charge is -1.99. The van der Waals surface area contributed by atoms with Crippen molar-refractivity contribution in [3.05, 3.63) is 58.0 Å². The standard InChI is InChI=1S/C13H11N3O3S2/c1-9-7-16-12(14-11(9)17)20-13(15-16)21(18,19)8-10-5-3-2-4-6-10/h2-7H,8H2,1H3. The molecule has 108 valence electrons. The van der Waals surface area contributed by atoms with Crippen molar-refractivity contribution in [1.29, 1.82) is 0 Å². The lowest BCUT2D eigenvalue weighted by atomic mass is 10.2. The molecular formula is C13H11N3O3S2. The van der Waals surface area contributed by atoms with E-state index < -0.39 is 9.84 Å². The molecule has 8 heteroatoms. The molecule has 21 heavy (non-hydrogen) atoms. The van der Waals surface area contributed by atoms with Crippen molar-refractivity contribution in [2.24, 2.45) is 0 Å². The zero-order valence-corrected chi connectivity index (χ0v) is 12.7. The highest BCUT2D eigenvalue weighted by molar-refractivity contribution is 7.92. The van der Waals surface area contributed by atoms with Crippen LogP contribution in [0.3, 0.4) is 0 Å². The van der Waals surface area contributed by atoms with Crippen molar-refractivity contribution in [3.8, 4) is 0 Å². The van der Waals surface area contributed by atoms with Gasteiger partial charge in [-0.3, -0.25) is 4.79 Å². The van der Waals surface area contributed by atoms with E-state index in [2.05, 4.69) is 10.1 Å². The smallest absolute Gasteiger partial charge is 0.267 e. The second kappa shape index (κ2) is 5.05. The molecule has 0 fully saturated rings. The largest absolute Gasteiger partial charge is 0.276 e. The summed E-state index contributed by atoms with van der Waals surface area (Å²) in [5.74, 6) is -0.128. The van der Waals surface area contributed by atoms with Gasteiger partial charge >= 0.3 is 0 Å². The molecule has 0 spiro atoms. The first-order valence-electron chi connectivity index (χ1n) is 6.09. The van der Waals surface area contributed by atoms with Crippen molar-refractivity contribution < 1.29 is 8.42 Å². The minimum atomic E-state index is -3.56. The van der Waals surface area contributed by atoms with E-state index in [9.17, 15) is 13.2 Å². The number of fused-ring (bicyclic) bond motifs is 1. The van der Waals surface area contributed by atoms with Gasteiger partial charge < -0.3 is 0 Å². The molecule has 0 saturated heterocycles. The van der Waals surface area contributed by atoms with Gasteiger partial charge in [-0.25, -0.2) is 12.9 Å². The fourth-order valence-electron chi connectivity index (χ4n) is 1.83. The Morgan fingerprint density at radius 1 is 1.24 bits per heavy atom. The fraction of sp³-hybridized carbons (Fsp3) is 0.154. The first-order valence-corrected chi connectivity index (χ1v) is 8.56. The van der Waals surface area contributed by atoms with Gasteiger partial charge in [-0.05, 0) is 12.5 Å². The van der Waals surface area contributed by atoms with Crippen molar-refractivity contribution >= 4 is 26.1 Å². The van der Waals surface area contributed by atoms with E-state index in [0.717, 1.165) is 11.3 Å². The number of hydrogen-bond acceptors (Lipinski definition) is 6. The van der Waals surface area contributed by atoms with E-state index in [-0.39, 0.29) is 20.6 Å². The van der Waals surface area contributed by atoms with Crippen LogP contribution in [-0.4, -0.2) is 23.0 Å². The number of aromatic nitrogens is 3. The Kier molecular flexibility index (Phi) is 3.34. The van der Waals surface area contributed by atoms with Gasteiger partial charge in [-0.2, -0.15) is 4.98 Å². The average molecular weight is 321 g/mol. The molecule has 0 atom stereocenters. The van der Waals surface area contributed by atoms with Gasteiger partial charge in [-0.15, -0.1) is 5.10 Å². The molecule has 0 aliphatic rings. The number of aryl methyl sites for hydroxylation is 1. The topological polar surface area (TPSA) is 81.4 Å². The highest BCUT2D eigenvalue weighted by atomic mass is 32.2. The first-order chi connectivity index (χ1) is 9.95. The number of sulfone groups is 1. The summed E-state index contributed by atoms with van der Waals surface area (Å²) in [5, 5.41) is 4.03. The van der Waals surface area contributed by atoms with Crippen LogP contribution in [0.5, 0.6) is 0 Å². The Labute approximate surface area is 124 Å². The lowest BCUT2D eigenvalue weighted by molar-refractivity contribution is 0.592. The van der Waals surface area contributed by atoms with Crippen molar-refractivity contribution in [2.45, 2.75) is 17.0 Å². The summed E-state index contributed by atoms with van der Waals surface area (Å²) >= 11 is 0.899. The third-order valence-corrected chi connectivity index (χ3v) is 5.94. The zero-order chi connectivity index (χ0) is 15.0. The van der Waals surface area contributed by atoms with Gasteiger partial charge in [0.2, 0.25) is 19.1 Å². The summed E-state index contributed by atoms with van der Waals surface area (Å²) in [6.45, 7) is 1.61. The van der Waals surface area contributed by atoms with Crippen LogP contribution in [0.2, 0.25) is 0 Å². The molecule has 0 amide bonds. The van der Waals surface area contributed by atoms with Crippen LogP contribution in [0, 0.1) is 6.92 Å². The van der Waals surface area contributed by atoms with Gasteiger partial charge in [0.25, 0.3) is 5.56 Å². The van der Waals surface area contributed by atoms with E-state index in [0.29, 0.717) is 11.1 Å². The van der Waals surface area contributed by atoms with Crippen LogP contribution in [0.25, 0.3) is 4.96 Å². The Bertz CT molecular complexity index is 959. The van der Waals surface area contributed by atoms with E-state index in [1.807, 2.05) is 6.07 Å². The molecule has 1 aromatic carbocycles. The van der Waals surface area contributed by atoms with E-state index >= 15 is 0 Å². The van der Waals surface area contributed by atoms with E-state index in [1.54, 1.807) is 31.2 Å². The summed E-state index contributed by atoms with van der Waals surface area (Å²) < 4.78 is 26.0. The summed E-state index contributed by atoms with van der Waals surface area (Å²) in [7, 11) is -3.56. The molecule has 0 saturated carbocycles. The molecule has 2 aromatic heterocycles. The predicted molar refractivity (Wildman–Crippen MR) is 79.2 cm³/mol. The van der Waals surface area contributed by atoms with Crippen LogP contribution in [0.1, 0.15) is 11.1 Å². The highest BCUT2D eigenvalue weighted by Gasteiger charge is 2.21. The summed E-state index contributed by atoms with van der Waals surface area (Å²) in [6, 6.07) is 8.89. The van der Waals surface area contributed by atoms with Crippen LogP contribution >= 0.6 is 11.3 Å². The quantitative estimate of drug-likeness (QED) is 0.729. The van der Waals surface area contributed by atoms with Gasteiger partial charge in [0.05, 0.1) is 5.75 Å². The molecule has 0 bridgehead atoms. The molecule has 6 nitrogen and oxygen atoms in total. The molecule has 3 aromatic rings. The summed E-state index contributed by atoms with van der Waals surface area (Å²) in [6.07, 6.45) is 1.49. The average Bonchev–Trinajstić information content (AvgIpc) is 2.84. The van der Waals surface area contributed by atoms with Gasteiger partial charge in [0.1, 0.15) is 0 Å². The molecule has 0 aliphatic carbocycles. The monoisotopic (exact) mass is 321 g/mol. The summed E-state index contributed by atoms with van der Waals surface area (Å²) in [5.41, 5.74) is 0.742. The molecular weight excluding hydrogens is 310 g/mol. The summed E-state index contributed by atoms with van der Waals surface area (Å²) in [4.78, 5) is 15.6. The SMILES string of the molecule is Cc1cn2nc(S(=O)(=O)Cc3ccccc3)sc2nc1=O. The normalized spacial score (nSPS) is 11.9. The van der Waals surface area contributed by atoms with Crippen molar-refractivity contribution in [3.63, 3.8) is 0 Å². The van der Waals surface area contributed by atoms with Crippen LogP contribution in [-0.2, 0) is 15.6 Å². The van der Waals surface area contributed by atoms with Gasteiger partial charge in [0.15, 0.2) is 0 Å². The van der Waals surface area contributed by atoms with Gasteiger partial charge in [-0.1, -0.05) is 41.7 Å². The van der Waals surface area contributed by atoms with Gasteiger partial charge in [0, 0.05) is 11.8 Å². The number of hydrogen-bond donors (Lipinski definition) is 0. The molecule has 0 N–H and O–H groups in total. The Morgan fingerprint density at radius 3 is 2.67 bits per heavy atom. The fourth-order valence-corrected chi connectivity index (χ4v) is 4.30. The first kappa shape index (κ1) is 13.9. The lowest BCUT2D eigenvalue weighted by Crippen LogP contribution is -2.11. The maximum absolute atomic E-state index is 12.4. The van der Waals surface area contributed by atoms with Crippen molar-refractivity contribution in [1.82, 2.24) is 14.6 Å². The number of benzene rings is 1. The Morgan fingerprint density at radius 2 is 1.95 bits per heavy atom. The molecule has 0 unspecified atom stereocenters. The van der Waals surface area contributed by atoms with Crippen LogP contribution in [0.15, 0.2) is 45.7 Å². The third-order valence-electron chi connectivity index (χ3n) is 2.88. The molecule has 0 radical (unpaired) electrons. The zero-order valence-electron chi connectivity index (χ0n) is 11.1. The minimum Gasteiger partial charge on any atom is -0.267 e. The highest BCUT2D eigenvalue weighted by Crippen LogP contribution is 2.21. The maximum atomic E-state index is 12.4. The van der Waals surface area contributed by atoms with Crippen LogP contribution < -0.4 is 5.56 Å². The number of nitrogens with zero attached hydrogens (tertiary/aromatic N) is 3. The van der Waals surface area contributed by atoms with E-state index in [1.165, 1.54) is 10.7 Å². The number of rotatable bonds is 3. The predicted octanol–water partition coefficient (Wildman–Crippen LogP) is 1.43. The second-order valence-corrected chi connectivity index (χ2v) is 7.69. The Hall–Kier alpha value is -2.06. The molecule has 2 heterocycles. The minimum absolute atomic E-state index is 0.0381. The second-order valence-electron chi connectivity index (χ2n) is 4.57. The third kappa shape index (κ3) is 2.72.